The van der Waals surface area contributed by atoms with E-state index < -0.39 is 24.4 Å². The molecule has 0 radical (unpaired) electrons. The van der Waals surface area contributed by atoms with Gasteiger partial charge >= 0.3 is 11.9 Å². The van der Waals surface area contributed by atoms with Gasteiger partial charge in [0.2, 0.25) is 0 Å². The van der Waals surface area contributed by atoms with Crippen LogP contribution >= 0.6 is 0 Å². The standard InChI is InChI=1S/C4H7NO4.C2H7N/c5-2(4(8)9)1-3(6)7;1-2-3/h2H,1,5H2,(H,6,7)(H,8,9);2-3H2,1H3. The maximum atomic E-state index is 9.85. The topological polar surface area (TPSA) is 127 Å². The first kappa shape index (κ1) is 13.4. The van der Waals surface area contributed by atoms with E-state index in [0.29, 0.717) is 0 Å². The zero-order valence-corrected chi connectivity index (χ0v) is 6.86. The van der Waals surface area contributed by atoms with E-state index in [1.807, 2.05) is 6.92 Å². The minimum Gasteiger partial charge on any atom is -0.481 e. The third-order valence-electron chi connectivity index (χ3n) is 0.712. The summed E-state index contributed by atoms with van der Waals surface area (Å²) >= 11 is 0. The zero-order chi connectivity index (χ0) is 10.1. The molecule has 0 spiro atoms. The van der Waals surface area contributed by atoms with E-state index in [-0.39, 0.29) is 0 Å². The Hall–Kier alpha value is -1.14. The molecule has 12 heavy (non-hydrogen) atoms. The van der Waals surface area contributed by atoms with Crippen molar-refractivity contribution in [1.29, 1.82) is 0 Å². The number of hydrogen-bond acceptors (Lipinski definition) is 4. The van der Waals surface area contributed by atoms with Gasteiger partial charge in [-0.05, 0) is 6.54 Å². The first-order valence-corrected chi connectivity index (χ1v) is 3.35. The fourth-order valence-corrected chi connectivity index (χ4v) is 0.275. The lowest BCUT2D eigenvalue weighted by Gasteiger charge is -1.99. The van der Waals surface area contributed by atoms with Gasteiger partial charge in [0.1, 0.15) is 6.04 Å². The molecule has 0 aliphatic rings. The molecule has 1 unspecified atom stereocenters. The van der Waals surface area contributed by atoms with Crippen molar-refractivity contribution in [3.63, 3.8) is 0 Å². The Kier molecular flexibility index (Phi) is 8.92. The summed E-state index contributed by atoms with van der Waals surface area (Å²) in [6.45, 7) is 2.65. The first-order valence-electron chi connectivity index (χ1n) is 3.35. The van der Waals surface area contributed by atoms with Gasteiger partial charge < -0.3 is 21.7 Å². The lowest BCUT2D eigenvalue weighted by Crippen LogP contribution is -2.32. The highest BCUT2D eigenvalue weighted by atomic mass is 16.4. The Morgan fingerprint density at radius 3 is 1.83 bits per heavy atom. The SMILES string of the molecule is CCN.NC(CC(=O)O)C(=O)O. The number of rotatable bonds is 3. The van der Waals surface area contributed by atoms with Gasteiger partial charge in [-0.15, -0.1) is 0 Å². The average molecular weight is 178 g/mol. The third-order valence-corrected chi connectivity index (χ3v) is 0.712. The van der Waals surface area contributed by atoms with Gasteiger partial charge in [-0.3, -0.25) is 9.59 Å². The monoisotopic (exact) mass is 178 g/mol. The Morgan fingerprint density at radius 1 is 1.42 bits per heavy atom. The second kappa shape index (κ2) is 7.96. The zero-order valence-electron chi connectivity index (χ0n) is 6.86. The molecule has 0 bridgehead atoms. The van der Waals surface area contributed by atoms with E-state index in [1.54, 1.807) is 0 Å². The van der Waals surface area contributed by atoms with E-state index in [1.165, 1.54) is 0 Å². The number of carboxylic acid groups (broad SMARTS) is 2. The van der Waals surface area contributed by atoms with Crippen LogP contribution in [0.3, 0.4) is 0 Å². The van der Waals surface area contributed by atoms with Gasteiger partial charge in [0.05, 0.1) is 6.42 Å². The Labute approximate surface area is 70.2 Å². The molecule has 0 aromatic carbocycles. The molecule has 6 heteroatoms. The fourth-order valence-electron chi connectivity index (χ4n) is 0.275. The average Bonchev–Trinajstić information content (AvgIpc) is 1.87. The second-order valence-corrected chi connectivity index (χ2v) is 1.95. The van der Waals surface area contributed by atoms with E-state index in [2.05, 4.69) is 0 Å². The molecule has 0 amide bonds. The van der Waals surface area contributed by atoms with E-state index >= 15 is 0 Å². The number of nitrogens with two attached hydrogens (primary N) is 2. The van der Waals surface area contributed by atoms with Crippen LogP contribution in [0, 0.1) is 0 Å². The minimum absolute atomic E-state index is 0.532. The molecule has 0 aliphatic carbocycles. The predicted molar refractivity (Wildman–Crippen MR) is 42.6 cm³/mol. The second-order valence-electron chi connectivity index (χ2n) is 1.95. The Morgan fingerprint density at radius 2 is 1.75 bits per heavy atom. The molecule has 6 N–H and O–H groups in total. The summed E-state index contributed by atoms with van der Waals surface area (Å²) in [6.07, 6.45) is -0.532. The van der Waals surface area contributed by atoms with Crippen molar-refractivity contribution in [3.05, 3.63) is 0 Å². The summed E-state index contributed by atoms with van der Waals surface area (Å²) in [6, 6.07) is -1.29. The summed E-state index contributed by atoms with van der Waals surface area (Å²) in [4.78, 5) is 19.6. The lowest BCUT2D eigenvalue weighted by molar-refractivity contribution is -0.144. The molecule has 0 fully saturated rings. The van der Waals surface area contributed by atoms with Crippen molar-refractivity contribution in [3.8, 4) is 0 Å². The largest absolute Gasteiger partial charge is 0.481 e. The van der Waals surface area contributed by atoms with Gasteiger partial charge in [0, 0.05) is 0 Å². The fraction of sp³-hybridized carbons (Fsp3) is 0.667. The summed E-state index contributed by atoms with van der Waals surface area (Å²) in [5.41, 5.74) is 9.68. The highest BCUT2D eigenvalue weighted by molar-refractivity contribution is 5.80. The van der Waals surface area contributed by atoms with E-state index in [9.17, 15) is 9.59 Å². The molecule has 72 valence electrons. The van der Waals surface area contributed by atoms with Crippen molar-refractivity contribution in [2.45, 2.75) is 19.4 Å². The van der Waals surface area contributed by atoms with Gasteiger partial charge in [-0.25, -0.2) is 0 Å². The van der Waals surface area contributed by atoms with E-state index in [0.717, 1.165) is 6.54 Å². The Bertz CT molecular complexity index is 148. The summed E-state index contributed by atoms with van der Waals surface area (Å²) < 4.78 is 0. The van der Waals surface area contributed by atoms with Crippen molar-refractivity contribution < 1.29 is 19.8 Å². The highest BCUT2D eigenvalue weighted by Gasteiger charge is 2.14. The van der Waals surface area contributed by atoms with Crippen LogP contribution in [0.5, 0.6) is 0 Å². The molecule has 0 aromatic heterocycles. The molecular weight excluding hydrogens is 164 g/mol. The number of carbonyl (C=O) groups is 2. The van der Waals surface area contributed by atoms with Crippen LogP contribution in [0.1, 0.15) is 13.3 Å². The maximum absolute atomic E-state index is 9.85. The van der Waals surface area contributed by atoms with Gasteiger partial charge in [0.25, 0.3) is 0 Å². The van der Waals surface area contributed by atoms with Crippen LogP contribution in [0.25, 0.3) is 0 Å². The predicted octanol–water partition coefficient (Wildman–Crippen LogP) is -1.16. The van der Waals surface area contributed by atoms with Gasteiger partial charge in [-0.2, -0.15) is 0 Å². The number of aliphatic carboxylic acids is 2. The van der Waals surface area contributed by atoms with Crippen LogP contribution in [0.4, 0.5) is 0 Å². The third kappa shape index (κ3) is 11.6. The molecule has 0 aromatic rings. The quantitative estimate of drug-likeness (QED) is 0.431. The van der Waals surface area contributed by atoms with Gasteiger partial charge in [-0.1, -0.05) is 6.92 Å². The molecule has 0 heterocycles. The lowest BCUT2D eigenvalue weighted by atomic mass is 10.2. The van der Waals surface area contributed by atoms with Gasteiger partial charge in [0.15, 0.2) is 0 Å². The minimum atomic E-state index is -1.29. The summed E-state index contributed by atoms with van der Waals surface area (Å²) in [5.74, 6) is -2.50. The molecule has 1 atom stereocenters. The summed E-state index contributed by atoms with van der Waals surface area (Å²) in [5, 5.41) is 16.0. The number of carboxylic acids is 2. The normalized spacial score (nSPS) is 10.9. The molecule has 0 rings (SSSR count). The smallest absolute Gasteiger partial charge is 0.321 e. The van der Waals surface area contributed by atoms with Crippen LogP contribution in [0.2, 0.25) is 0 Å². The van der Waals surface area contributed by atoms with Crippen LogP contribution in [-0.2, 0) is 9.59 Å². The highest BCUT2D eigenvalue weighted by Crippen LogP contribution is 1.86. The van der Waals surface area contributed by atoms with Crippen LogP contribution in [0.15, 0.2) is 0 Å². The molecule has 0 saturated carbocycles. The van der Waals surface area contributed by atoms with E-state index in [4.69, 9.17) is 21.7 Å². The Balaban J connectivity index is 0. The van der Waals surface area contributed by atoms with Crippen molar-refractivity contribution in [2.75, 3.05) is 6.54 Å². The maximum Gasteiger partial charge on any atom is 0.321 e. The van der Waals surface area contributed by atoms with Crippen LogP contribution in [-0.4, -0.2) is 34.7 Å². The number of hydrogen-bond donors (Lipinski definition) is 4. The van der Waals surface area contributed by atoms with Crippen molar-refractivity contribution >= 4 is 11.9 Å². The summed E-state index contributed by atoms with van der Waals surface area (Å²) in [7, 11) is 0. The molecular formula is C6H14N2O4. The van der Waals surface area contributed by atoms with Crippen molar-refractivity contribution in [1.82, 2.24) is 0 Å². The molecule has 6 nitrogen and oxygen atoms in total. The molecule has 0 saturated heterocycles. The molecule has 0 aliphatic heterocycles. The van der Waals surface area contributed by atoms with Crippen LogP contribution < -0.4 is 11.5 Å². The van der Waals surface area contributed by atoms with Crippen molar-refractivity contribution in [2.24, 2.45) is 11.5 Å². The first-order chi connectivity index (χ1) is 5.45.